The van der Waals surface area contributed by atoms with E-state index in [1.54, 1.807) is 0 Å². The van der Waals surface area contributed by atoms with Gasteiger partial charge in [-0.25, -0.2) is 0 Å². The molecular formula is C16H25NO3. The molecule has 1 aromatic carbocycles. The van der Waals surface area contributed by atoms with Gasteiger partial charge in [0, 0.05) is 13.1 Å². The molecular weight excluding hydrogens is 254 g/mol. The van der Waals surface area contributed by atoms with Crippen LogP contribution in [0.25, 0.3) is 0 Å². The van der Waals surface area contributed by atoms with E-state index in [9.17, 15) is 0 Å². The Morgan fingerprint density at radius 2 is 2.20 bits per heavy atom. The second kappa shape index (κ2) is 6.57. The summed E-state index contributed by atoms with van der Waals surface area (Å²) < 4.78 is 17.0. The number of benzene rings is 1. The first-order valence-corrected chi connectivity index (χ1v) is 7.23. The maximum atomic E-state index is 5.75. The molecule has 1 aliphatic rings. The first-order chi connectivity index (χ1) is 9.44. The molecule has 0 amide bonds. The summed E-state index contributed by atoms with van der Waals surface area (Å²) in [4.78, 5) is 0. The second-order valence-corrected chi connectivity index (χ2v) is 5.90. The Labute approximate surface area is 121 Å². The molecule has 1 atom stereocenters. The summed E-state index contributed by atoms with van der Waals surface area (Å²) in [5, 5.41) is 3.40. The SMILES string of the molecule is CC(C)Oc1cccc(CNCC2COC(C)(C)O2)c1. The van der Waals surface area contributed by atoms with Crippen LogP contribution in [-0.2, 0) is 16.0 Å². The normalized spacial score (nSPS) is 21.4. The average molecular weight is 279 g/mol. The third-order valence-corrected chi connectivity index (χ3v) is 3.04. The van der Waals surface area contributed by atoms with E-state index in [2.05, 4.69) is 17.4 Å². The Balaban J connectivity index is 1.77. The highest BCUT2D eigenvalue weighted by atomic mass is 16.7. The van der Waals surface area contributed by atoms with Crippen LogP contribution in [0.5, 0.6) is 5.75 Å². The van der Waals surface area contributed by atoms with Gasteiger partial charge >= 0.3 is 0 Å². The molecule has 0 saturated carbocycles. The fourth-order valence-corrected chi connectivity index (χ4v) is 2.24. The van der Waals surface area contributed by atoms with Crippen LogP contribution in [0.15, 0.2) is 24.3 Å². The largest absolute Gasteiger partial charge is 0.491 e. The molecule has 1 fully saturated rings. The molecule has 20 heavy (non-hydrogen) atoms. The van der Waals surface area contributed by atoms with Crippen molar-refractivity contribution in [1.29, 1.82) is 0 Å². The highest BCUT2D eigenvalue weighted by molar-refractivity contribution is 5.28. The Kier molecular flexibility index (Phi) is 5.02. The van der Waals surface area contributed by atoms with Crippen LogP contribution in [0.3, 0.4) is 0 Å². The average Bonchev–Trinajstić information content (AvgIpc) is 2.68. The van der Waals surface area contributed by atoms with Crippen LogP contribution in [0.4, 0.5) is 0 Å². The van der Waals surface area contributed by atoms with Gasteiger partial charge in [0.25, 0.3) is 0 Å². The van der Waals surface area contributed by atoms with E-state index < -0.39 is 5.79 Å². The summed E-state index contributed by atoms with van der Waals surface area (Å²) in [7, 11) is 0. The minimum Gasteiger partial charge on any atom is -0.491 e. The molecule has 4 heteroatoms. The Morgan fingerprint density at radius 1 is 1.40 bits per heavy atom. The maximum absolute atomic E-state index is 5.75. The topological polar surface area (TPSA) is 39.7 Å². The minimum absolute atomic E-state index is 0.125. The van der Waals surface area contributed by atoms with E-state index in [0.29, 0.717) is 6.61 Å². The zero-order chi connectivity index (χ0) is 14.6. The molecule has 1 aliphatic heterocycles. The summed E-state index contributed by atoms with van der Waals surface area (Å²) in [5.74, 6) is 0.470. The zero-order valence-corrected chi connectivity index (χ0v) is 12.8. The van der Waals surface area contributed by atoms with Crippen molar-refractivity contribution in [3.63, 3.8) is 0 Å². The molecule has 1 heterocycles. The van der Waals surface area contributed by atoms with Gasteiger partial charge in [-0.3, -0.25) is 0 Å². The number of nitrogens with one attached hydrogen (secondary N) is 1. The van der Waals surface area contributed by atoms with Crippen molar-refractivity contribution in [2.24, 2.45) is 0 Å². The lowest BCUT2D eigenvalue weighted by Gasteiger charge is -2.17. The van der Waals surface area contributed by atoms with Gasteiger partial charge in [0.1, 0.15) is 5.75 Å². The zero-order valence-electron chi connectivity index (χ0n) is 12.8. The molecule has 0 aliphatic carbocycles. The van der Waals surface area contributed by atoms with Crippen molar-refractivity contribution in [3.05, 3.63) is 29.8 Å². The van der Waals surface area contributed by atoms with Crippen LogP contribution >= 0.6 is 0 Å². The van der Waals surface area contributed by atoms with E-state index in [1.807, 2.05) is 39.8 Å². The van der Waals surface area contributed by atoms with Gasteiger partial charge in [0.15, 0.2) is 5.79 Å². The van der Waals surface area contributed by atoms with Gasteiger partial charge in [0.05, 0.1) is 18.8 Å². The van der Waals surface area contributed by atoms with Crippen LogP contribution in [-0.4, -0.2) is 31.1 Å². The van der Waals surface area contributed by atoms with Gasteiger partial charge in [-0.05, 0) is 45.4 Å². The first-order valence-electron chi connectivity index (χ1n) is 7.23. The lowest BCUT2D eigenvalue weighted by atomic mass is 10.2. The second-order valence-electron chi connectivity index (χ2n) is 5.90. The van der Waals surface area contributed by atoms with Crippen molar-refractivity contribution < 1.29 is 14.2 Å². The molecule has 4 nitrogen and oxygen atoms in total. The van der Waals surface area contributed by atoms with E-state index in [4.69, 9.17) is 14.2 Å². The van der Waals surface area contributed by atoms with E-state index in [-0.39, 0.29) is 12.2 Å². The molecule has 112 valence electrons. The van der Waals surface area contributed by atoms with Gasteiger partial charge < -0.3 is 19.5 Å². The number of ether oxygens (including phenoxy) is 3. The highest BCUT2D eigenvalue weighted by Gasteiger charge is 2.32. The molecule has 1 unspecified atom stereocenters. The fraction of sp³-hybridized carbons (Fsp3) is 0.625. The van der Waals surface area contributed by atoms with E-state index in [0.717, 1.165) is 18.8 Å². The van der Waals surface area contributed by atoms with Crippen molar-refractivity contribution in [2.75, 3.05) is 13.2 Å². The lowest BCUT2D eigenvalue weighted by molar-refractivity contribution is -0.137. The van der Waals surface area contributed by atoms with Crippen LogP contribution in [0.1, 0.15) is 33.3 Å². The Bertz CT molecular complexity index is 431. The summed E-state index contributed by atoms with van der Waals surface area (Å²) in [6.07, 6.45) is 0.324. The van der Waals surface area contributed by atoms with Gasteiger partial charge in [-0.1, -0.05) is 12.1 Å². The molecule has 0 radical (unpaired) electrons. The number of rotatable bonds is 6. The summed E-state index contributed by atoms with van der Waals surface area (Å²) in [5.41, 5.74) is 1.21. The van der Waals surface area contributed by atoms with Gasteiger partial charge in [-0.2, -0.15) is 0 Å². The van der Waals surface area contributed by atoms with Gasteiger partial charge in [-0.15, -0.1) is 0 Å². The lowest BCUT2D eigenvalue weighted by Crippen LogP contribution is -2.30. The molecule has 0 spiro atoms. The maximum Gasteiger partial charge on any atom is 0.163 e. The smallest absolute Gasteiger partial charge is 0.163 e. The summed E-state index contributed by atoms with van der Waals surface area (Å²) in [6, 6.07) is 8.17. The molecule has 1 saturated heterocycles. The molecule has 0 aromatic heterocycles. The van der Waals surface area contributed by atoms with E-state index in [1.165, 1.54) is 5.56 Å². The van der Waals surface area contributed by atoms with Crippen molar-refractivity contribution in [2.45, 2.75) is 52.2 Å². The standard InChI is InChI=1S/C16H25NO3/c1-12(2)19-14-7-5-6-13(8-14)9-17-10-15-11-18-16(3,4)20-15/h5-8,12,15,17H,9-11H2,1-4H3. The summed E-state index contributed by atoms with van der Waals surface area (Å²) in [6.45, 7) is 10.2. The van der Waals surface area contributed by atoms with Crippen molar-refractivity contribution in [3.8, 4) is 5.75 Å². The van der Waals surface area contributed by atoms with Crippen LogP contribution in [0.2, 0.25) is 0 Å². The molecule has 1 N–H and O–H groups in total. The van der Waals surface area contributed by atoms with Crippen molar-refractivity contribution in [1.82, 2.24) is 5.32 Å². The third-order valence-electron chi connectivity index (χ3n) is 3.04. The molecule has 2 rings (SSSR count). The Hall–Kier alpha value is -1.10. The number of hydrogen-bond acceptors (Lipinski definition) is 4. The highest BCUT2D eigenvalue weighted by Crippen LogP contribution is 2.21. The van der Waals surface area contributed by atoms with E-state index >= 15 is 0 Å². The van der Waals surface area contributed by atoms with Crippen LogP contribution in [0, 0.1) is 0 Å². The van der Waals surface area contributed by atoms with Crippen molar-refractivity contribution >= 4 is 0 Å². The molecule has 1 aromatic rings. The molecule has 0 bridgehead atoms. The third kappa shape index (κ3) is 4.78. The van der Waals surface area contributed by atoms with Crippen LogP contribution < -0.4 is 10.1 Å². The predicted octanol–water partition coefficient (Wildman–Crippen LogP) is 2.71. The monoisotopic (exact) mass is 279 g/mol. The first kappa shape index (κ1) is 15.3. The number of hydrogen-bond donors (Lipinski definition) is 1. The van der Waals surface area contributed by atoms with Gasteiger partial charge in [0.2, 0.25) is 0 Å². The predicted molar refractivity (Wildman–Crippen MR) is 78.8 cm³/mol. The fourth-order valence-electron chi connectivity index (χ4n) is 2.24. The minimum atomic E-state index is -0.447. The summed E-state index contributed by atoms with van der Waals surface area (Å²) >= 11 is 0. The Morgan fingerprint density at radius 3 is 2.85 bits per heavy atom. The quantitative estimate of drug-likeness (QED) is 0.869.